The van der Waals surface area contributed by atoms with Crippen LogP contribution in [0.3, 0.4) is 0 Å². The fraction of sp³-hybridized carbons (Fsp3) is 0.333. The van der Waals surface area contributed by atoms with E-state index in [4.69, 9.17) is 21.4 Å². The molecule has 0 spiro atoms. The number of halogens is 2. The van der Waals surface area contributed by atoms with E-state index < -0.39 is 0 Å². The van der Waals surface area contributed by atoms with Gasteiger partial charge in [0.25, 0.3) is 0 Å². The highest BCUT2D eigenvalue weighted by atomic mass is 79.9. The molecule has 0 aliphatic rings. The van der Waals surface area contributed by atoms with Gasteiger partial charge < -0.3 is 9.84 Å². The maximum atomic E-state index is 8.47. The highest BCUT2D eigenvalue weighted by Gasteiger charge is 2.03. The smallest absolute Gasteiger partial charge is 0.232 e. The average Bonchev–Trinajstić information content (AvgIpc) is 2.07. The van der Waals surface area contributed by atoms with Gasteiger partial charge in [0.15, 0.2) is 0 Å². The van der Waals surface area contributed by atoms with E-state index in [1.807, 2.05) is 0 Å². The number of aliphatic hydroxyl groups is 1. The Morgan fingerprint density at radius 1 is 1.67 bits per heavy atom. The Hall–Kier alpha value is -0.390. The minimum atomic E-state index is -0.0614. The van der Waals surface area contributed by atoms with Crippen LogP contribution in [0, 0.1) is 0 Å². The molecule has 0 aliphatic heterocycles. The summed E-state index contributed by atoms with van der Waals surface area (Å²) in [6, 6.07) is 0. The van der Waals surface area contributed by atoms with Gasteiger partial charge in [-0.1, -0.05) is 0 Å². The van der Waals surface area contributed by atoms with Gasteiger partial charge in [0, 0.05) is 6.20 Å². The molecule has 1 rings (SSSR count). The summed E-state index contributed by atoms with van der Waals surface area (Å²) in [5, 5.41) is 8.59. The number of aromatic nitrogens is 2. The first-order valence-corrected chi connectivity index (χ1v) is 4.33. The van der Waals surface area contributed by atoms with Crippen LogP contribution in [0.25, 0.3) is 0 Å². The first kappa shape index (κ1) is 9.70. The molecule has 1 aromatic heterocycles. The molecule has 1 N–H and O–H groups in total. The van der Waals surface area contributed by atoms with Crippen molar-refractivity contribution in [1.29, 1.82) is 0 Å². The zero-order valence-corrected chi connectivity index (χ0v) is 8.34. The highest BCUT2D eigenvalue weighted by molar-refractivity contribution is 9.10. The molecular formula is C6H6BrClN2O2. The first-order valence-electron chi connectivity index (χ1n) is 3.15. The third-order valence-corrected chi connectivity index (χ3v) is 1.74. The zero-order valence-electron chi connectivity index (χ0n) is 6.00. The Morgan fingerprint density at radius 3 is 3.08 bits per heavy atom. The molecule has 6 heteroatoms. The average molecular weight is 253 g/mol. The monoisotopic (exact) mass is 252 g/mol. The molecule has 0 unspecified atom stereocenters. The van der Waals surface area contributed by atoms with Crippen LogP contribution in [0.4, 0.5) is 0 Å². The highest BCUT2D eigenvalue weighted by Crippen LogP contribution is 2.21. The van der Waals surface area contributed by atoms with Crippen molar-refractivity contribution in [2.45, 2.75) is 0 Å². The standard InChI is InChI=1S/C6H6BrClN2O2/c7-4-3-9-6(8)10-5(4)12-2-1-11/h3,11H,1-2H2. The van der Waals surface area contributed by atoms with Gasteiger partial charge in [0.1, 0.15) is 6.61 Å². The van der Waals surface area contributed by atoms with Crippen molar-refractivity contribution in [3.05, 3.63) is 16.0 Å². The predicted molar refractivity (Wildman–Crippen MR) is 47.3 cm³/mol. The van der Waals surface area contributed by atoms with E-state index >= 15 is 0 Å². The lowest BCUT2D eigenvalue weighted by Gasteiger charge is -2.03. The van der Waals surface area contributed by atoms with Crippen molar-refractivity contribution in [3.63, 3.8) is 0 Å². The minimum absolute atomic E-state index is 0.0614. The molecule has 66 valence electrons. The van der Waals surface area contributed by atoms with Gasteiger partial charge in [-0.2, -0.15) is 4.98 Å². The van der Waals surface area contributed by atoms with Gasteiger partial charge in [-0.25, -0.2) is 4.98 Å². The van der Waals surface area contributed by atoms with Crippen LogP contribution in [0.15, 0.2) is 10.7 Å². The van der Waals surface area contributed by atoms with Crippen LogP contribution in [0.5, 0.6) is 5.88 Å². The number of rotatable bonds is 3. The van der Waals surface area contributed by atoms with Crippen molar-refractivity contribution in [2.75, 3.05) is 13.2 Å². The Labute approximate surface area is 82.7 Å². The van der Waals surface area contributed by atoms with Crippen LogP contribution in [0.1, 0.15) is 0 Å². The third kappa shape index (κ3) is 2.58. The second-order valence-corrected chi connectivity index (χ2v) is 3.06. The number of nitrogens with zero attached hydrogens (tertiary/aromatic N) is 2. The summed E-state index contributed by atoms with van der Waals surface area (Å²) < 4.78 is 5.65. The van der Waals surface area contributed by atoms with E-state index in [1.54, 1.807) is 0 Å². The molecule has 0 radical (unpaired) electrons. The third-order valence-electron chi connectivity index (χ3n) is 1.01. The van der Waals surface area contributed by atoms with Crippen LogP contribution in [0.2, 0.25) is 5.28 Å². The second kappa shape index (κ2) is 4.59. The van der Waals surface area contributed by atoms with Crippen molar-refractivity contribution in [3.8, 4) is 5.88 Å². The van der Waals surface area contributed by atoms with E-state index in [0.717, 1.165) is 0 Å². The quantitative estimate of drug-likeness (QED) is 0.824. The molecule has 1 aromatic rings. The van der Waals surface area contributed by atoms with E-state index in [9.17, 15) is 0 Å². The summed E-state index contributed by atoms with van der Waals surface area (Å²) in [7, 11) is 0. The molecular weight excluding hydrogens is 247 g/mol. The van der Waals surface area contributed by atoms with Gasteiger partial charge in [-0.3, -0.25) is 0 Å². The molecule has 0 aliphatic carbocycles. The van der Waals surface area contributed by atoms with Crippen LogP contribution >= 0.6 is 27.5 Å². The number of hydrogen-bond acceptors (Lipinski definition) is 4. The van der Waals surface area contributed by atoms with Gasteiger partial charge in [0.05, 0.1) is 11.1 Å². The van der Waals surface area contributed by atoms with Crippen molar-refractivity contribution < 1.29 is 9.84 Å². The van der Waals surface area contributed by atoms with Crippen LogP contribution in [-0.2, 0) is 0 Å². The van der Waals surface area contributed by atoms with Gasteiger partial charge >= 0.3 is 0 Å². The Morgan fingerprint density at radius 2 is 2.42 bits per heavy atom. The molecule has 12 heavy (non-hydrogen) atoms. The van der Waals surface area contributed by atoms with Gasteiger partial charge in [0.2, 0.25) is 11.2 Å². The van der Waals surface area contributed by atoms with Crippen molar-refractivity contribution in [1.82, 2.24) is 9.97 Å². The van der Waals surface area contributed by atoms with Crippen molar-refractivity contribution in [2.24, 2.45) is 0 Å². The number of hydrogen-bond donors (Lipinski definition) is 1. The molecule has 0 saturated carbocycles. The number of aliphatic hydroxyl groups excluding tert-OH is 1. The van der Waals surface area contributed by atoms with E-state index in [2.05, 4.69) is 25.9 Å². The molecule has 0 atom stereocenters. The Balaban J connectivity index is 2.75. The molecule has 4 nitrogen and oxygen atoms in total. The van der Waals surface area contributed by atoms with Crippen LogP contribution < -0.4 is 4.74 Å². The lowest BCUT2D eigenvalue weighted by Crippen LogP contribution is -2.04. The second-order valence-electron chi connectivity index (χ2n) is 1.86. The molecule has 0 fully saturated rings. The zero-order chi connectivity index (χ0) is 8.97. The van der Waals surface area contributed by atoms with E-state index in [0.29, 0.717) is 10.4 Å². The maximum absolute atomic E-state index is 8.47. The lowest BCUT2D eigenvalue weighted by molar-refractivity contribution is 0.195. The van der Waals surface area contributed by atoms with Gasteiger partial charge in [-0.15, -0.1) is 0 Å². The fourth-order valence-electron chi connectivity index (χ4n) is 0.575. The van der Waals surface area contributed by atoms with E-state index in [-0.39, 0.29) is 18.5 Å². The largest absolute Gasteiger partial charge is 0.474 e. The van der Waals surface area contributed by atoms with Crippen LogP contribution in [-0.4, -0.2) is 28.3 Å². The summed E-state index contributed by atoms with van der Waals surface area (Å²) in [5.41, 5.74) is 0. The summed E-state index contributed by atoms with van der Waals surface area (Å²) >= 11 is 8.68. The van der Waals surface area contributed by atoms with Crippen molar-refractivity contribution >= 4 is 27.5 Å². The Kier molecular flexibility index (Phi) is 3.71. The normalized spacial score (nSPS) is 9.92. The fourth-order valence-corrected chi connectivity index (χ4v) is 1.01. The molecule has 0 aromatic carbocycles. The lowest BCUT2D eigenvalue weighted by atomic mass is 10.6. The number of ether oxygens (including phenoxy) is 1. The summed E-state index contributed by atoms with van der Waals surface area (Å²) in [4.78, 5) is 7.50. The molecule has 1 heterocycles. The maximum Gasteiger partial charge on any atom is 0.232 e. The Bertz CT molecular complexity index is 272. The summed E-state index contributed by atoms with van der Waals surface area (Å²) in [6.07, 6.45) is 1.49. The van der Waals surface area contributed by atoms with Gasteiger partial charge in [-0.05, 0) is 27.5 Å². The first-order chi connectivity index (χ1) is 5.74. The van der Waals surface area contributed by atoms with E-state index in [1.165, 1.54) is 6.20 Å². The molecule has 0 saturated heterocycles. The SMILES string of the molecule is OCCOc1nc(Cl)ncc1Br. The summed E-state index contributed by atoms with van der Waals surface area (Å²) in [6.45, 7) is 0.125. The molecule has 0 bridgehead atoms. The predicted octanol–water partition coefficient (Wildman–Crippen LogP) is 1.26. The minimum Gasteiger partial charge on any atom is -0.474 e. The topological polar surface area (TPSA) is 55.2 Å². The molecule has 0 amide bonds. The summed E-state index contributed by atoms with van der Waals surface area (Å²) in [5.74, 6) is 0.337.